The number of nitrogens with one attached hydrogen (secondary N) is 1. The highest BCUT2D eigenvalue weighted by molar-refractivity contribution is 5.91. The standard InChI is InChI=1S/C17H16N4O3/c1-23-14-3-5-15(6-4-14)24-11-17(22)20-13-2-7-16(19-10-13)21-9-8-18-12-21/h2-10,12H,11H2,1H3,(H,20,22). The molecule has 0 radical (unpaired) electrons. The maximum atomic E-state index is 11.9. The number of methoxy groups -OCH3 is 1. The van der Waals surface area contributed by atoms with Gasteiger partial charge in [-0.05, 0) is 36.4 Å². The summed E-state index contributed by atoms with van der Waals surface area (Å²) in [6, 6.07) is 10.6. The van der Waals surface area contributed by atoms with Crippen molar-refractivity contribution < 1.29 is 14.3 Å². The zero-order chi connectivity index (χ0) is 16.8. The molecule has 0 fully saturated rings. The predicted octanol–water partition coefficient (Wildman–Crippen LogP) is 2.29. The molecule has 1 amide bonds. The van der Waals surface area contributed by atoms with Crippen molar-refractivity contribution in [3.63, 3.8) is 0 Å². The molecule has 0 saturated carbocycles. The highest BCUT2D eigenvalue weighted by Crippen LogP contribution is 2.17. The van der Waals surface area contributed by atoms with Gasteiger partial charge in [-0.25, -0.2) is 9.97 Å². The number of hydrogen-bond donors (Lipinski definition) is 1. The van der Waals surface area contributed by atoms with E-state index in [1.807, 2.05) is 0 Å². The Hall–Kier alpha value is -3.35. The van der Waals surface area contributed by atoms with Crippen molar-refractivity contribution in [2.24, 2.45) is 0 Å². The molecule has 0 bridgehead atoms. The van der Waals surface area contributed by atoms with Crippen molar-refractivity contribution >= 4 is 11.6 Å². The smallest absolute Gasteiger partial charge is 0.262 e. The van der Waals surface area contributed by atoms with Crippen molar-refractivity contribution in [2.45, 2.75) is 0 Å². The van der Waals surface area contributed by atoms with E-state index < -0.39 is 0 Å². The van der Waals surface area contributed by atoms with Gasteiger partial charge in [0.05, 0.1) is 19.0 Å². The zero-order valence-electron chi connectivity index (χ0n) is 13.0. The third-order valence-corrected chi connectivity index (χ3v) is 3.23. The number of carbonyl (C=O) groups excluding carboxylic acids is 1. The number of imidazole rings is 1. The van der Waals surface area contributed by atoms with Gasteiger partial charge in [-0.2, -0.15) is 0 Å². The molecule has 1 N–H and O–H groups in total. The fourth-order valence-corrected chi connectivity index (χ4v) is 2.03. The van der Waals surface area contributed by atoms with Gasteiger partial charge in [0.15, 0.2) is 6.61 Å². The average molecular weight is 324 g/mol. The summed E-state index contributed by atoms with van der Waals surface area (Å²) < 4.78 is 12.3. The monoisotopic (exact) mass is 324 g/mol. The molecular formula is C17H16N4O3. The highest BCUT2D eigenvalue weighted by atomic mass is 16.5. The number of aromatic nitrogens is 3. The van der Waals surface area contributed by atoms with Crippen LogP contribution >= 0.6 is 0 Å². The molecule has 1 aromatic carbocycles. The lowest BCUT2D eigenvalue weighted by Crippen LogP contribution is -2.20. The summed E-state index contributed by atoms with van der Waals surface area (Å²) in [6.07, 6.45) is 6.71. The maximum Gasteiger partial charge on any atom is 0.262 e. The van der Waals surface area contributed by atoms with E-state index in [0.29, 0.717) is 11.4 Å². The van der Waals surface area contributed by atoms with Crippen LogP contribution in [0.1, 0.15) is 0 Å². The summed E-state index contributed by atoms with van der Waals surface area (Å²) in [7, 11) is 1.59. The molecule has 0 unspecified atom stereocenters. The van der Waals surface area contributed by atoms with E-state index in [4.69, 9.17) is 9.47 Å². The molecule has 0 aliphatic rings. The van der Waals surface area contributed by atoms with Crippen LogP contribution in [0.15, 0.2) is 61.3 Å². The number of carbonyl (C=O) groups is 1. The molecule has 24 heavy (non-hydrogen) atoms. The quantitative estimate of drug-likeness (QED) is 0.753. The van der Waals surface area contributed by atoms with Crippen molar-refractivity contribution in [2.75, 3.05) is 19.0 Å². The minimum atomic E-state index is -0.261. The largest absolute Gasteiger partial charge is 0.497 e. The Bertz CT molecular complexity index is 784. The van der Waals surface area contributed by atoms with E-state index in [-0.39, 0.29) is 12.5 Å². The van der Waals surface area contributed by atoms with Crippen LogP contribution in [0.4, 0.5) is 5.69 Å². The summed E-state index contributed by atoms with van der Waals surface area (Å²) in [5.41, 5.74) is 0.599. The van der Waals surface area contributed by atoms with Crippen LogP contribution in [0.5, 0.6) is 11.5 Å². The molecule has 0 atom stereocenters. The Balaban J connectivity index is 1.52. The molecule has 7 nitrogen and oxygen atoms in total. The second kappa shape index (κ2) is 7.28. The summed E-state index contributed by atoms with van der Waals surface area (Å²) >= 11 is 0. The van der Waals surface area contributed by atoms with E-state index in [9.17, 15) is 4.79 Å². The number of nitrogens with zero attached hydrogens (tertiary/aromatic N) is 3. The van der Waals surface area contributed by atoms with Crippen LogP contribution in [0.2, 0.25) is 0 Å². The van der Waals surface area contributed by atoms with E-state index in [1.54, 1.807) is 73.0 Å². The van der Waals surface area contributed by atoms with Crippen molar-refractivity contribution in [1.29, 1.82) is 0 Å². The lowest BCUT2D eigenvalue weighted by atomic mass is 10.3. The minimum Gasteiger partial charge on any atom is -0.497 e. The summed E-state index contributed by atoms with van der Waals surface area (Å²) in [5.74, 6) is 1.79. The average Bonchev–Trinajstić information content (AvgIpc) is 3.16. The van der Waals surface area contributed by atoms with Gasteiger partial charge < -0.3 is 14.8 Å². The second-order valence-corrected chi connectivity index (χ2v) is 4.89. The van der Waals surface area contributed by atoms with Gasteiger partial charge in [0.25, 0.3) is 5.91 Å². The first-order valence-corrected chi connectivity index (χ1v) is 7.26. The van der Waals surface area contributed by atoms with Crippen LogP contribution in [-0.2, 0) is 4.79 Å². The Morgan fingerprint density at radius 2 is 1.96 bits per heavy atom. The Kier molecular flexibility index (Phi) is 4.71. The molecule has 0 saturated heterocycles. The van der Waals surface area contributed by atoms with Crippen molar-refractivity contribution in [3.05, 3.63) is 61.3 Å². The zero-order valence-corrected chi connectivity index (χ0v) is 13.0. The lowest BCUT2D eigenvalue weighted by Gasteiger charge is -2.08. The number of amides is 1. The first-order valence-electron chi connectivity index (χ1n) is 7.26. The third-order valence-electron chi connectivity index (χ3n) is 3.23. The number of pyridine rings is 1. The predicted molar refractivity (Wildman–Crippen MR) is 88.5 cm³/mol. The Labute approximate surface area is 138 Å². The normalized spacial score (nSPS) is 10.2. The summed E-state index contributed by atoms with van der Waals surface area (Å²) in [4.78, 5) is 20.1. The number of benzene rings is 1. The first-order chi connectivity index (χ1) is 11.7. The van der Waals surface area contributed by atoms with Crippen LogP contribution < -0.4 is 14.8 Å². The van der Waals surface area contributed by atoms with E-state index in [0.717, 1.165) is 11.6 Å². The lowest BCUT2D eigenvalue weighted by molar-refractivity contribution is -0.118. The Morgan fingerprint density at radius 3 is 2.58 bits per heavy atom. The topological polar surface area (TPSA) is 78.3 Å². The molecule has 0 spiro atoms. The van der Waals surface area contributed by atoms with Gasteiger partial charge in [-0.1, -0.05) is 0 Å². The molecule has 7 heteroatoms. The molecule has 0 aliphatic heterocycles. The maximum absolute atomic E-state index is 11.9. The molecule has 122 valence electrons. The van der Waals surface area contributed by atoms with Gasteiger partial charge in [0, 0.05) is 12.4 Å². The van der Waals surface area contributed by atoms with Gasteiger partial charge in [0.1, 0.15) is 23.6 Å². The summed E-state index contributed by atoms with van der Waals surface area (Å²) in [6.45, 7) is -0.0877. The van der Waals surface area contributed by atoms with Crippen LogP contribution in [-0.4, -0.2) is 34.2 Å². The number of anilines is 1. The minimum absolute atomic E-state index is 0.0877. The Morgan fingerprint density at radius 1 is 1.17 bits per heavy atom. The highest BCUT2D eigenvalue weighted by Gasteiger charge is 2.05. The second-order valence-electron chi connectivity index (χ2n) is 4.89. The number of rotatable bonds is 6. The molecule has 2 aromatic heterocycles. The molecule has 0 aliphatic carbocycles. The van der Waals surface area contributed by atoms with Gasteiger partial charge >= 0.3 is 0 Å². The van der Waals surface area contributed by atoms with Gasteiger partial charge in [-0.3, -0.25) is 9.36 Å². The SMILES string of the molecule is COc1ccc(OCC(=O)Nc2ccc(-n3ccnc3)nc2)cc1. The fourth-order valence-electron chi connectivity index (χ4n) is 2.03. The number of ether oxygens (including phenoxy) is 2. The molecule has 3 rings (SSSR count). The van der Waals surface area contributed by atoms with Crippen molar-refractivity contribution in [3.8, 4) is 17.3 Å². The number of hydrogen-bond acceptors (Lipinski definition) is 5. The van der Waals surface area contributed by atoms with Crippen LogP contribution in [0, 0.1) is 0 Å². The van der Waals surface area contributed by atoms with E-state index in [1.165, 1.54) is 0 Å². The van der Waals surface area contributed by atoms with Gasteiger partial charge in [0.2, 0.25) is 0 Å². The van der Waals surface area contributed by atoms with E-state index in [2.05, 4.69) is 15.3 Å². The fraction of sp³-hybridized carbons (Fsp3) is 0.118. The van der Waals surface area contributed by atoms with E-state index >= 15 is 0 Å². The first kappa shape index (κ1) is 15.5. The van der Waals surface area contributed by atoms with Crippen LogP contribution in [0.25, 0.3) is 5.82 Å². The van der Waals surface area contributed by atoms with Gasteiger partial charge in [-0.15, -0.1) is 0 Å². The molecule has 3 aromatic rings. The third kappa shape index (κ3) is 3.89. The van der Waals surface area contributed by atoms with Crippen LogP contribution in [0.3, 0.4) is 0 Å². The molecular weight excluding hydrogens is 308 g/mol. The summed E-state index contributed by atoms with van der Waals surface area (Å²) in [5, 5.41) is 2.73. The molecule has 2 heterocycles. The van der Waals surface area contributed by atoms with Crippen molar-refractivity contribution in [1.82, 2.24) is 14.5 Å².